The van der Waals surface area contributed by atoms with Gasteiger partial charge in [-0.1, -0.05) is 6.07 Å². The van der Waals surface area contributed by atoms with E-state index in [0.29, 0.717) is 11.1 Å². The number of hydrogen-bond acceptors (Lipinski definition) is 4. The molecule has 16 heavy (non-hydrogen) atoms. The van der Waals surface area contributed by atoms with E-state index in [1.54, 1.807) is 6.92 Å². The van der Waals surface area contributed by atoms with Gasteiger partial charge in [0.15, 0.2) is 11.1 Å². The molecule has 1 aromatic rings. The van der Waals surface area contributed by atoms with Crippen molar-refractivity contribution >= 4 is 17.0 Å². The first kappa shape index (κ1) is 12.7. The molecule has 6 heteroatoms. The van der Waals surface area contributed by atoms with Crippen LogP contribution in [-0.4, -0.2) is 26.9 Å². The van der Waals surface area contributed by atoms with E-state index in [1.165, 1.54) is 19.2 Å². The van der Waals surface area contributed by atoms with E-state index in [4.69, 9.17) is 4.55 Å². The van der Waals surface area contributed by atoms with Crippen molar-refractivity contribution in [2.24, 2.45) is 0 Å². The molecule has 5 nitrogen and oxygen atoms in total. The van der Waals surface area contributed by atoms with Crippen molar-refractivity contribution in [3.63, 3.8) is 0 Å². The Morgan fingerprint density at radius 3 is 2.62 bits per heavy atom. The molecule has 0 bridgehead atoms. The average Bonchev–Trinajstić information content (AvgIpc) is 2.23. The summed E-state index contributed by atoms with van der Waals surface area (Å²) in [4.78, 5) is 11.3. The topological polar surface area (TPSA) is 83.8 Å². The lowest BCUT2D eigenvalue weighted by molar-refractivity contribution is 0.0599. The predicted octanol–water partition coefficient (Wildman–Crippen LogP) is 1.21. The first-order valence-electron chi connectivity index (χ1n) is 4.44. The van der Waals surface area contributed by atoms with Crippen molar-refractivity contribution < 1.29 is 23.4 Å². The molecule has 88 valence electrons. The molecule has 0 radical (unpaired) electrons. The molecule has 0 saturated heterocycles. The Morgan fingerprint density at radius 1 is 1.50 bits per heavy atom. The van der Waals surface area contributed by atoms with Crippen LogP contribution in [0.25, 0.3) is 0 Å². The summed E-state index contributed by atoms with van der Waals surface area (Å²) in [6.07, 6.45) is 0. The Bertz CT molecular complexity index is 441. The first-order chi connectivity index (χ1) is 7.47. The fourth-order valence-corrected chi connectivity index (χ4v) is 1.84. The number of carbonyl (C=O) groups excluding carboxylic acids is 1. The molecule has 2 N–H and O–H groups in total. The third kappa shape index (κ3) is 2.59. The monoisotopic (exact) mass is 244 g/mol. The summed E-state index contributed by atoms with van der Waals surface area (Å²) < 4.78 is 23.9. The van der Waals surface area contributed by atoms with Crippen LogP contribution in [0.15, 0.2) is 12.1 Å². The summed E-state index contributed by atoms with van der Waals surface area (Å²) in [6.45, 7) is 1.55. The van der Waals surface area contributed by atoms with Crippen LogP contribution < -0.4 is 0 Å². The molecule has 0 spiro atoms. The maximum Gasteiger partial charge on any atom is 0.338 e. The van der Waals surface area contributed by atoms with Gasteiger partial charge in [0.2, 0.25) is 0 Å². The van der Waals surface area contributed by atoms with Crippen LogP contribution in [0.4, 0.5) is 0 Å². The highest BCUT2D eigenvalue weighted by Crippen LogP contribution is 2.26. The molecule has 0 aliphatic heterocycles. The standard InChI is InChI=1S/C10H12O5S/c1-6-8(10(12)15-2)4-3-7(9(6)11)5-16(13)14/h3-4,11H,5H2,1-2H3,(H,13,14). The second-order valence-corrected chi connectivity index (χ2v) is 4.13. The average molecular weight is 244 g/mol. The van der Waals surface area contributed by atoms with Gasteiger partial charge in [-0.3, -0.25) is 0 Å². The number of hydrogen-bond donors (Lipinski definition) is 2. The molecule has 0 aromatic heterocycles. The second-order valence-electron chi connectivity index (χ2n) is 3.20. The lowest BCUT2D eigenvalue weighted by Gasteiger charge is -2.09. The number of phenols is 1. The zero-order valence-electron chi connectivity index (χ0n) is 8.89. The zero-order valence-corrected chi connectivity index (χ0v) is 9.71. The van der Waals surface area contributed by atoms with Crippen LogP contribution >= 0.6 is 0 Å². The lowest BCUT2D eigenvalue weighted by Crippen LogP contribution is -2.05. The van der Waals surface area contributed by atoms with Crippen LogP contribution in [0.2, 0.25) is 0 Å². The van der Waals surface area contributed by atoms with Gasteiger partial charge in [0, 0.05) is 11.1 Å². The number of esters is 1. The highest BCUT2D eigenvalue weighted by molar-refractivity contribution is 7.78. The second kappa shape index (κ2) is 5.09. The normalized spacial score (nSPS) is 12.2. The van der Waals surface area contributed by atoms with E-state index in [9.17, 15) is 14.1 Å². The van der Waals surface area contributed by atoms with E-state index in [1.807, 2.05) is 0 Å². The van der Waals surface area contributed by atoms with Crippen molar-refractivity contribution in [1.29, 1.82) is 0 Å². The van der Waals surface area contributed by atoms with Gasteiger partial charge in [0.05, 0.1) is 18.4 Å². The number of phenolic OH excluding ortho intramolecular Hbond substituents is 1. The van der Waals surface area contributed by atoms with E-state index >= 15 is 0 Å². The summed E-state index contributed by atoms with van der Waals surface area (Å²) in [6, 6.07) is 2.89. The highest BCUT2D eigenvalue weighted by atomic mass is 32.2. The summed E-state index contributed by atoms with van der Waals surface area (Å²) in [5.41, 5.74) is 0.910. The molecular formula is C10H12O5S. The van der Waals surface area contributed by atoms with Crippen LogP contribution in [0.5, 0.6) is 5.75 Å². The number of rotatable bonds is 3. The van der Waals surface area contributed by atoms with Gasteiger partial charge in [-0.2, -0.15) is 0 Å². The SMILES string of the molecule is COC(=O)c1ccc(CS(=O)O)c(O)c1C. The van der Waals surface area contributed by atoms with Crippen molar-refractivity contribution in [1.82, 2.24) is 0 Å². The minimum Gasteiger partial charge on any atom is -0.507 e. The Labute approximate surface area is 95.3 Å². The molecule has 0 saturated carbocycles. The molecule has 1 rings (SSSR count). The van der Waals surface area contributed by atoms with Crippen LogP contribution in [-0.2, 0) is 21.6 Å². The van der Waals surface area contributed by atoms with Crippen molar-refractivity contribution in [2.45, 2.75) is 12.7 Å². The van der Waals surface area contributed by atoms with E-state index in [-0.39, 0.29) is 17.1 Å². The quantitative estimate of drug-likeness (QED) is 0.616. The van der Waals surface area contributed by atoms with E-state index in [2.05, 4.69) is 4.74 Å². The lowest BCUT2D eigenvalue weighted by atomic mass is 10.0. The summed E-state index contributed by atoms with van der Waals surface area (Å²) >= 11 is -2.03. The van der Waals surface area contributed by atoms with Gasteiger partial charge in [-0.15, -0.1) is 0 Å². The van der Waals surface area contributed by atoms with Crippen molar-refractivity contribution in [2.75, 3.05) is 7.11 Å². The van der Waals surface area contributed by atoms with Gasteiger partial charge in [-0.25, -0.2) is 9.00 Å². The predicted molar refractivity (Wildman–Crippen MR) is 58.7 cm³/mol. The van der Waals surface area contributed by atoms with Crippen LogP contribution in [0.1, 0.15) is 21.5 Å². The molecular weight excluding hydrogens is 232 g/mol. The van der Waals surface area contributed by atoms with Gasteiger partial charge in [-0.05, 0) is 13.0 Å². The molecule has 1 unspecified atom stereocenters. The summed E-state index contributed by atoms with van der Waals surface area (Å²) in [5.74, 6) is -0.872. The smallest absolute Gasteiger partial charge is 0.338 e. The Balaban J connectivity index is 3.17. The third-order valence-corrected chi connectivity index (χ3v) is 2.76. The van der Waals surface area contributed by atoms with Crippen LogP contribution in [0, 0.1) is 6.92 Å². The van der Waals surface area contributed by atoms with Crippen molar-refractivity contribution in [3.05, 3.63) is 28.8 Å². The Hall–Kier alpha value is -1.40. The largest absolute Gasteiger partial charge is 0.507 e. The van der Waals surface area contributed by atoms with Gasteiger partial charge in [0.1, 0.15) is 5.75 Å². The summed E-state index contributed by atoms with van der Waals surface area (Å²) in [5, 5.41) is 9.72. The number of methoxy groups -OCH3 is 1. The minimum absolute atomic E-state index is 0.148. The molecule has 0 heterocycles. The number of carbonyl (C=O) groups is 1. The number of ether oxygens (including phenoxy) is 1. The van der Waals surface area contributed by atoms with Gasteiger partial charge in [0.25, 0.3) is 0 Å². The fourth-order valence-electron chi connectivity index (χ4n) is 1.34. The van der Waals surface area contributed by atoms with Crippen LogP contribution in [0.3, 0.4) is 0 Å². The first-order valence-corrected chi connectivity index (χ1v) is 5.72. The number of aromatic hydroxyl groups is 1. The Morgan fingerprint density at radius 2 is 2.12 bits per heavy atom. The van der Waals surface area contributed by atoms with E-state index < -0.39 is 17.0 Å². The summed E-state index contributed by atoms with van der Waals surface area (Å²) in [7, 11) is 1.25. The Kier molecular flexibility index (Phi) is 4.03. The number of benzene rings is 1. The molecule has 0 amide bonds. The molecule has 1 aromatic carbocycles. The molecule has 0 fully saturated rings. The molecule has 0 aliphatic rings. The van der Waals surface area contributed by atoms with E-state index in [0.717, 1.165) is 0 Å². The zero-order chi connectivity index (χ0) is 12.3. The maximum absolute atomic E-state index is 11.3. The third-order valence-electron chi connectivity index (χ3n) is 2.20. The molecule has 1 atom stereocenters. The fraction of sp³-hybridized carbons (Fsp3) is 0.300. The van der Waals surface area contributed by atoms with Gasteiger partial charge >= 0.3 is 5.97 Å². The van der Waals surface area contributed by atoms with Gasteiger partial charge < -0.3 is 14.4 Å². The van der Waals surface area contributed by atoms with Crippen molar-refractivity contribution in [3.8, 4) is 5.75 Å². The highest BCUT2D eigenvalue weighted by Gasteiger charge is 2.15. The molecule has 0 aliphatic carbocycles. The minimum atomic E-state index is -2.03. The maximum atomic E-state index is 11.3.